The average Bonchev–Trinajstić information content (AvgIpc) is 2.88. The summed E-state index contributed by atoms with van der Waals surface area (Å²) in [6.07, 6.45) is 20.5. The summed E-state index contributed by atoms with van der Waals surface area (Å²) in [5.41, 5.74) is 6.20. The normalized spacial score (nSPS) is 14.6. The second-order valence-electron chi connectivity index (χ2n) is 9.57. The number of aromatic nitrogens is 2. The molecule has 3 N–H and O–H groups in total. The quantitative estimate of drug-likeness (QED) is 0.319. The van der Waals surface area contributed by atoms with Crippen LogP contribution in [0.3, 0.4) is 0 Å². The molecule has 0 aliphatic carbocycles. The molecule has 3 rings (SSSR count). The van der Waals surface area contributed by atoms with E-state index in [1.165, 1.54) is 57.9 Å². The predicted molar refractivity (Wildman–Crippen MR) is 141 cm³/mol. The van der Waals surface area contributed by atoms with Crippen LogP contribution in [0.5, 0.6) is 5.75 Å². The van der Waals surface area contributed by atoms with Crippen molar-refractivity contribution in [1.82, 2.24) is 20.2 Å². The lowest BCUT2D eigenvalue weighted by atomic mass is 10.0. The lowest BCUT2D eigenvalue weighted by Crippen LogP contribution is -2.38. The maximum atomic E-state index is 12.1. The van der Waals surface area contributed by atoms with Crippen molar-refractivity contribution < 1.29 is 9.53 Å². The van der Waals surface area contributed by atoms with Crippen molar-refractivity contribution >= 4 is 11.7 Å². The third-order valence-electron chi connectivity index (χ3n) is 6.76. The Morgan fingerprint density at radius 3 is 2.20 bits per heavy atom. The number of nitrogens with one attached hydrogen (secondary N) is 1. The summed E-state index contributed by atoms with van der Waals surface area (Å²) < 4.78 is 6.06. The van der Waals surface area contributed by atoms with Gasteiger partial charge in [-0.05, 0) is 56.5 Å². The first-order chi connectivity index (χ1) is 17.2. The summed E-state index contributed by atoms with van der Waals surface area (Å²) in [6.45, 7) is 4.22. The Morgan fingerprint density at radius 2 is 1.54 bits per heavy atom. The fraction of sp³-hybridized carbons (Fsp3) is 0.607. The van der Waals surface area contributed by atoms with Gasteiger partial charge in [0.25, 0.3) is 5.91 Å². The van der Waals surface area contributed by atoms with E-state index in [1.54, 1.807) is 30.7 Å². The second-order valence-corrected chi connectivity index (χ2v) is 9.57. The summed E-state index contributed by atoms with van der Waals surface area (Å²) in [4.78, 5) is 22.7. The number of piperidine rings is 1. The first-order valence-corrected chi connectivity index (χ1v) is 13.5. The van der Waals surface area contributed by atoms with E-state index >= 15 is 0 Å². The van der Waals surface area contributed by atoms with Gasteiger partial charge >= 0.3 is 0 Å². The third-order valence-corrected chi connectivity index (χ3v) is 6.76. The van der Waals surface area contributed by atoms with E-state index in [4.69, 9.17) is 10.5 Å². The summed E-state index contributed by atoms with van der Waals surface area (Å²) in [6, 6.07) is 7.32. The number of pyridine rings is 2. The highest BCUT2D eigenvalue weighted by molar-refractivity contribution is 5.98. The smallest absolute Gasteiger partial charge is 0.255 e. The predicted octanol–water partition coefficient (Wildman–Crippen LogP) is 5.23. The minimum Gasteiger partial charge on any atom is -0.490 e. The number of nitrogen functional groups attached to an aromatic ring is 1. The molecule has 0 unspecified atom stereocenters. The molecule has 2 aromatic heterocycles. The molecular weight excluding hydrogens is 438 g/mol. The minimum atomic E-state index is -0.130. The van der Waals surface area contributed by atoms with Gasteiger partial charge in [-0.3, -0.25) is 9.78 Å². The van der Waals surface area contributed by atoms with Crippen LogP contribution in [0.25, 0.3) is 0 Å². The zero-order valence-corrected chi connectivity index (χ0v) is 21.2. The fourth-order valence-electron chi connectivity index (χ4n) is 4.64. The Kier molecular flexibility index (Phi) is 12.4. The van der Waals surface area contributed by atoms with E-state index in [2.05, 4.69) is 20.2 Å². The van der Waals surface area contributed by atoms with Gasteiger partial charge in [-0.1, -0.05) is 51.4 Å². The number of amides is 1. The van der Waals surface area contributed by atoms with Crippen LogP contribution in [0, 0.1) is 0 Å². The minimum absolute atomic E-state index is 0.130. The van der Waals surface area contributed by atoms with Gasteiger partial charge in [-0.2, -0.15) is 0 Å². The van der Waals surface area contributed by atoms with E-state index in [-0.39, 0.29) is 11.7 Å². The van der Waals surface area contributed by atoms with Crippen LogP contribution < -0.4 is 15.8 Å². The molecule has 2 aromatic rings. The molecule has 0 spiro atoms. The molecular formula is C28H43N5O2. The highest BCUT2D eigenvalue weighted by atomic mass is 16.5. The number of anilines is 1. The summed E-state index contributed by atoms with van der Waals surface area (Å²) in [5.74, 6) is 1.10. The van der Waals surface area contributed by atoms with Crippen LogP contribution >= 0.6 is 0 Å². The Labute approximate surface area is 210 Å². The van der Waals surface area contributed by atoms with Gasteiger partial charge in [0.05, 0.1) is 5.56 Å². The van der Waals surface area contributed by atoms with Gasteiger partial charge in [-0.25, -0.2) is 4.98 Å². The second kappa shape index (κ2) is 16.1. The number of likely N-dealkylation sites (tertiary alicyclic amines) is 1. The number of hydrogen-bond acceptors (Lipinski definition) is 6. The number of nitrogens with zero attached hydrogens (tertiary/aromatic N) is 3. The largest absolute Gasteiger partial charge is 0.490 e. The standard InChI is InChI=1S/C28H43N5O2/c29-27-26(12-11-18-31-27)28(34)32-17-9-7-5-3-1-2-4-6-8-10-21-33-22-15-25(16-23-33)35-24-13-19-30-20-14-24/h11-14,18-20,25H,1-10,15-17,21-23H2,(H2,29,31)(H,32,34). The molecule has 192 valence electrons. The Morgan fingerprint density at radius 1 is 0.914 bits per heavy atom. The number of carbonyl (C=O) groups is 1. The highest BCUT2D eigenvalue weighted by Crippen LogP contribution is 2.19. The number of unbranched alkanes of at least 4 members (excludes halogenated alkanes) is 9. The van der Waals surface area contributed by atoms with Crippen molar-refractivity contribution in [3.63, 3.8) is 0 Å². The van der Waals surface area contributed by atoms with Crippen LogP contribution in [0.1, 0.15) is 87.4 Å². The average molecular weight is 482 g/mol. The molecule has 0 radical (unpaired) electrons. The maximum Gasteiger partial charge on any atom is 0.255 e. The molecule has 0 aromatic carbocycles. The van der Waals surface area contributed by atoms with Crippen molar-refractivity contribution in [2.75, 3.05) is 31.9 Å². The van der Waals surface area contributed by atoms with Crippen LogP contribution in [0.15, 0.2) is 42.9 Å². The molecule has 1 aliphatic rings. The van der Waals surface area contributed by atoms with Gasteiger partial charge in [-0.15, -0.1) is 0 Å². The van der Waals surface area contributed by atoms with E-state index in [1.807, 2.05) is 12.1 Å². The first kappa shape index (κ1) is 26.9. The van der Waals surface area contributed by atoms with Crippen molar-refractivity contribution in [1.29, 1.82) is 0 Å². The summed E-state index contributed by atoms with van der Waals surface area (Å²) in [7, 11) is 0. The lowest BCUT2D eigenvalue weighted by molar-refractivity contribution is 0.0953. The monoisotopic (exact) mass is 481 g/mol. The van der Waals surface area contributed by atoms with Crippen LogP contribution in [-0.2, 0) is 0 Å². The fourth-order valence-corrected chi connectivity index (χ4v) is 4.64. The zero-order chi connectivity index (χ0) is 24.6. The molecule has 1 fully saturated rings. The van der Waals surface area contributed by atoms with Crippen LogP contribution in [-0.4, -0.2) is 53.1 Å². The van der Waals surface area contributed by atoms with E-state index in [0.29, 0.717) is 18.2 Å². The number of nitrogens with two attached hydrogens (primary N) is 1. The number of ether oxygens (including phenoxy) is 1. The molecule has 3 heterocycles. The number of hydrogen-bond donors (Lipinski definition) is 2. The van der Waals surface area contributed by atoms with Crippen molar-refractivity contribution in [3.05, 3.63) is 48.4 Å². The molecule has 7 nitrogen and oxygen atoms in total. The molecule has 35 heavy (non-hydrogen) atoms. The molecule has 0 saturated carbocycles. The Bertz CT molecular complexity index is 840. The molecule has 0 bridgehead atoms. The van der Waals surface area contributed by atoms with Crippen molar-refractivity contribution in [3.8, 4) is 5.75 Å². The summed E-state index contributed by atoms with van der Waals surface area (Å²) in [5, 5.41) is 2.94. The highest BCUT2D eigenvalue weighted by Gasteiger charge is 2.20. The lowest BCUT2D eigenvalue weighted by Gasteiger charge is -2.32. The topological polar surface area (TPSA) is 93.4 Å². The van der Waals surface area contributed by atoms with Crippen LogP contribution in [0.2, 0.25) is 0 Å². The molecule has 7 heteroatoms. The van der Waals surface area contributed by atoms with Gasteiger partial charge in [0.15, 0.2) is 0 Å². The van der Waals surface area contributed by atoms with E-state index in [9.17, 15) is 4.79 Å². The third kappa shape index (κ3) is 10.6. The molecule has 1 aliphatic heterocycles. The van der Waals surface area contributed by atoms with Crippen molar-refractivity contribution in [2.45, 2.75) is 83.2 Å². The van der Waals surface area contributed by atoms with Gasteiger partial charge in [0.1, 0.15) is 17.7 Å². The first-order valence-electron chi connectivity index (χ1n) is 13.5. The van der Waals surface area contributed by atoms with Gasteiger partial charge in [0, 0.05) is 38.2 Å². The van der Waals surface area contributed by atoms with Gasteiger partial charge < -0.3 is 20.7 Å². The van der Waals surface area contributed by atoms with Gasteiger partial charge in [0.2, 0.25) is 0 Å². The maximum absolute atomic E-state index is 12.1. The summed E-state index contributed by atoms with van der Waals surface area (Å²) >= 11 is 0. The Balaban J connectivity index is 1.07. The van der Waals surface area contributed by atoms with Crippen LogP contribution in [0.4, 0.5) is 5.82 Å². The molecule has 1 saturated heterocycles. The SMILES string of the molecule is Nc1ncccc1C(=O)NCCCCCCCCCCCCN1CCC(Oc2ccncc2)CC1. The number of carbonyl (C=O) groups excluding carboxylic acids is 1. The zero-order valence-electron chi connectivity index (χ0n) is 21.2. The van der Waals surface area contributed by atoms with Crippen molar-refractivity contribution in [2.24, 2.45) is 0 Å². The Hall–Kier alpha value is -2.67. The van der Waals surface area contributed by atoms with E-state index < -0.39 is 0 Å². The van der Waals surface area contributed by atoms with E-state index in [0.717, 1.165) is 44.5 Å². The molecule has 0 atom stereocenters. The number of rotatable bonds is 16. The molecule has 1 amide bonds.